The average Bonchev–Trinajstić information content (AvgIpc) is 3.33. The van der Waals surface area contributed by atoms with Crippen molar-refractivity contribution < 1.29 is 13.5 Å². The normalized spacial score (nSPS) is 20.6. The average molecular weight is 510 g/mol. The number of benzene rings is 1. The summed E-state index contributed by atoms with van der Waals surface area (Å²) < 4.78 is 25.9. The third-order valence-corrected chi connectivity index (χ3v) is 8.85. The molecule has 1 saturated heterocycles. The molecule has 1 unspecified atom stereocenters. The van der Waals surface area contributed by atoms with E-state index in [4.69, 9.17) is 10.7 Å². The van der Waals surface area contributed by atoms with Crippen molar-refractivity contribution in [2.24, 2.45) is 10.7 Å². The third kappa shape index (κ3) is 4.45. The van der Waals surface area contributed by atoms with E-state index in [0.717, 1.165) is 37.4 Å². The number of pyridine rings is 1. The molecule has 0 saturated carbocycles. The first-order valence-electron chi connectivity index (χ1n) is 12.0. The van der Waals surface area contributed by atoms with E-state index in [1.165, 1.54) is 0 Å². The number of amidine groups is 1. The molecule has 0 radical (unpaired) electrons. The lowest BCUT2D eigenvalue weighted by atomic mass is 10.1. The molecule has 2 aliphatic rings. The molecular formula is C25H31N7O3S. The van der Waals surface area contributed by atoms with Crippen LogP contribution in [0.3, 0.4) is 0 Å². The molecule has 36 heavy (non-hydrogen) atoms. The molecule has 11 heteroatoms. The van der Waals surface area contributed by atoms with Crippen LogP contribution in [0.2, 0.25) is 0 Å². The Balaban J connectivity index is 1.48. The fraction of sp³-hybridized carbons (Fsp3) is 0.360. The first-order valence-corrected chi connectivity index (χ1v) is 13.6. The Kier molecular flexibility index (Phi) is 6.23. The van der Waals surface area contributed by atoms with E-state index in [1.54, 1.807) is 50.5 Å². The Bertz CT molecular complexity index is 1380. The van der Waals surface area contributed by atoms with Crippen LogP contribution in [-0.4, -0.2) is 53.8 Å². The van der Waals surface area contributed by atoms with Gasteiger partial charge in [-0.2, -0.15) is 0 Å². The van der Waals surface area contributed by atoms with Crippen LogP contribution in [0.4, 0.5) is 17.2 Å². The zero-order valence-corrected chi connectivity index (χ0v) is 21.1. The van der Waals surface area contributed by atoms with Crippen LogP contribution < -0.4 is 21.3 Å². The Morgan fingerprint density at radius 1 is 1.17 bits per heavy atom. The molecule has 2 aliphatic heterocycles. The van der Waals surface area contributed by atoms with Crippen LogP contribution in [0.25, 0.3) is 0 Å². The summed E-state index contributed by atoms with van der Waals surface area (Å²) in [5.74, 6) is -0.0909. The maximum Gasteiger partial charge on any atom is 0.213 e. The maximum absolute atomic E-state index is 13.0. The van der Waals surface area contributed by atoms with Gasteiger partial charge in [-0.15, -0.1) is 0 Å². The second-order valence-corrected chi connectivity index (χ2v) is 11.9. The van der Waals surface area contributed by atoms with Gasteiger partial charge in [-0.05, 0) is 57.0 Å². The van der Waals surface area contributed by atoms with E-state index >= 15 is 0 Å². The van der Waals surface area contributed by atoms with Crippen LogP contribution in [0.15, 0.2) is 64.7 Å². The van der Waals surface area contributed by atoms with Gasteiger partial charge in [0.05, 0.1) is 27.6 Å². The van der Waals surface area contributed by atoms with Crippen LogP contribution in [0, 0.1) is 0 Å². The van der Waals surface area contributed by atoms with Gasteiger partial charge >= 0.3 is 0 Å². The number of fused-ring (bicyclic) bond motifs is 1. The van der Waals surface area contributed by atoms with Crippen molar-refractivity contribution in [3.63, 3.8) is 0 Å². The number of sulfone groups is 1. The molecule has 1 aromatic carbocycles. The van der Waals surface area contributed by atoms with Crippen LogP contribution in [0.5, 0.6) is 0 Å². The molecule has 1 atom stereocenters. The molecule has 6 N–H and O–H groups in total. The SMILES string of the molecule is CC(C)S(=O)(=O)c1ccccc1NC1=NC(N)(c2ccc(N3CCC(O)CC3)nc2)Nc2cc[nH]c21. The predicted octanol–water partition coefficient (Wildman–Crippen LogP) is 2.61. The van der Waals surface area contributed by atoms with Crippen molar-refractivity contribution in [3.8, 4) is 0 Å². The number of para-hydroxylation sites is 1. The van der Waals surface area contributed by atoms with Crippen molar-refractivity contribution in [2.45, 2.75) is 48.7 Å². The van der Waals surface area contributed by atoms with Crippen LogP contribution in [0.1, 0.15) is 37.9 Å². The van der Waals surface area contributed by atoms with Gasteiger partial charge in [0.1, 0.15) is 11.5 Å². The second kappa shape index (κ2) is 9.23. The van der Waals surface area contributed by atoms with Crippen molar-refractivity contribution >= 4 is 32.9 Å². The molecule has 190 valence electrons. The highest BCUT2D eigenvalue weighted by Gasteiger charge is 2.35. The van der Waals surface area contributed by atoms with E-state index in [9.17, 15) is 13.5 Å². The van der Waals surface area contributed by atoms with E-state index in [0.29, 0.717) is 22.8 Å². The zero-order valence-electron chi connectivity index (χ0n) is 20.3. The maximum atomic E-state index is 13.0. The van der Waals surface area contributed by atoms with Gasteiger partial charge in [-0.1, -0.05) is 12.1 Å². The fourth-order valence-corrected chi connectivity index (χ4v) is 5.66. The van der Waals surface area contributed by atoms with Gasteiger partial charge in [0, 0.05) is 31.0 Å². The van der Waals surface area contributed by atoms with Crippen LogP contribution >= 0.6 is 0 Å². The predicted molar refractivity (Wildman–Crippen MR) is 141 cm³/mol. The third-order valence-electron chi connectivity index (χ3n) is 6.64. The van der Waals surface area contributed by atoms with E-state index < -0.39 is 20.9 Å². The number of rotatable bonds is 5. The number of H-pyrrole nitrogens is 1. The number of nitrogens with zero attached hydrogens (tertiary/aromatic N) is 3. The molecule has 5 rings (SSSR count). The molecule has 2 aromatic heterocycles. The lowest BCUT2D eigenvalue weighted by molar-refractivity contribution is 0.145. The second-order valence-electron chi connectivity index (χ2n) is 9.46. The number of hydrogen-bond acceptors (Lipinski definition) is 9. The van der Waals surface area contributed by atoms with Crippen molar-refractivity contribution in [2.75, 3.05) is 28.6 Å². The monoisotopic (exact) mass is 509 g/mol. The number of aliphatic imine (C=N–C) groups is 1. The molecular weight excluding hydrogens is 478 g/mol. The molecule has 0 aliphatic carbocycles. The lowest BCUT2D eigenvalue weighted by Gasteiger charge is -2.34. The van der Waals surface area contributed by atoms with Gasteiger partial charge in [0.15, 0.2) is 15.7 Å². The molecule has 10 nitrogen and oxygen atoms in total. The highest BCUT2D eigenvalue weighted by Crippen LogP contribution is 2.33. The summed E-state index contributed by atoms with van der Waals surface area (Å²) in [4.78, 5) is 14.9. The number of aromatic amines is 1. The van der Waals surface area contributed by atoms with E-state index in [2.05, 4.69) is 25.5 Å². The highest BCUT2D eigenvalue weighted by molar-refractivity contribution is 7.92. The molecule has 3 aromatic rings. The summed E-state index contributed by atoms with van der Waals surface area (Å²) in [6.07, 6.45) is 4.65. The summed E-state index contributed by atoms with van der Waals surface area (Å²) in [6.45, 7) is 4.81. The summed E-state index contributed by atoms with van der Waals surface area (Å²) >= 11 is 0. The van der Waals surface area contributed by atoms with Crippen molar-refractivity contribution in [1.82, 2.24) is 9.97 Å². The minimum Gasteiger partial charge on any atom is -0.393 e. The topological polar surface area (TPSA) is 149 Å². The Labute approximate surface area is 210 Å². The number of hydrogen-bond donors (Lipinski definition) is 5. The molecule has 0 amide bonds. The number of nitrogens with two attached hydrogens (primary N) is 1. The minimum atomic E-state index is -3.53. The number of nitrogens with one attached hydrogen (secondary N) is 3. The van der Waals surface area contributed by atoms with Crippen molar-refractivity contribution in [3.05, 3.63) is 66.1 Å². The summed E-state index contributed by atoms with van der Waals surface area (Å²) in [6, 6.07) is 12.4. The number of piperidine rings is 1. The quantitative estimate of drug-likeness (QED) is 0.352. The number of anilines is 3. The summed E-state index contributed by atoms with van der Waals surface area (Å²) in [5, 5.41) is 15.7. The van der Waals surface area contributed by atoms with Gasteiger partial charge in [0.25, 0.3) is 0 Å². The first-order chi connectivity index (χ1) is 17.2. The fourth-order valence-electron chi connectivity index (χ4n) is 4.46. The lowest BCUT2D eigenvalue weighted by Crippen LogP contribution is -2.47. The number of aliphatic hydroxyl groups is 1. The van der Waals surface area contributed by atoms with Gasteiger partial charge in [-0.3, -0.25) is 5.73 Å². The Morgan fingerprint density at radius 3 is 2.61 bits per heavy atom. The standard InChI is InChI=1S/C25H31N7O3S/c1-16(2)36(34,35)21-6-4-3-5-19(21)29-24-23-20(9-12-27-23)30-25(26,31-24)17-7-8-22(28-15-17)32-13-10-18(33)11-14-32/h3-9,12,15-16,18,27,30,33H,10-11,13-14,26H2,1-2H3,(H,29,31). The van der Waals surface area contributed by atoms with Gasteiger partial charge in [0.2, 0.25) is 5.79 Å². The van der Waals surface area contributed by atoms with Gasteiger partial charge < -0.3 is 25.6 Å². The Hall–Kier alpha value is -3.41. The van der Waals surface area contributed by atoms with Crippen LogP contribution in [-0.2, 0) is 15.6 Å². The summed E-state index contributed by atoms with van der Waals surface area (Å²) in [5.41, 5.74) is 9.24. The highest BCUT2D eigenvalue weighted by atomic mass is 32.2. The minimum absolute atomic E-state index is 0.203. The molecule has 0 bridgehead atoms. The molecule has 1 fully saturated rings. The van der Waals surface area contributed by atoms with Gasteiger partial charge in [-0.25, -0.2) is 18.4 Å². The van der Waals surface area contributed by atoms with Crippen molar-refractivity contribution in [1.29, 1.82) is 0 Å². The zero-order chi connectivity index (χ0) is 25.5. The smallest absolute Gasteiger partial charge is 0.213 e. The molecule has 0 spiro atoms. The number of aliphatic hydroxyl groups excluding tert-OH is 1. The van der Waals surface area contributed by atoms with E-state index in [-0.39, 0.29) is 11.0 Å². The molecule has 4 heterocycles. The van der Waals surface area contributed by atoms with E-state index in [1.807, 2.05) is 18.2 Å². The number of aromatic nitrogens is 2. The Morgan fingerprint density at radius 2 is 1.92 bits per heavy atom. The first kappa shape index (κ1) is 24.3. The largest absolute Gasteiger partial charge is 0.393 e. The summed E-state index contributed by atoms with van der Waals surface area (Å²) in [7, 11) is -3.53.